The summed E-state index contributed by atoms with van der Waals surface area (Å²) in [5.41, 5.74) is 3.17. The van der Waals surface area contributed by atoms with Crippen LogP contribution in [-0.2, 0) is 27.2 Å². The summed E-state index contributed by atoms with van der Waals surface area (Å²) in [7, 11) is 1.66. The standard InChI is InChI=1S/C30H40N4O4/c1-20-10-12-22(13-11-20)19-25-29(36)32-16-6-8-23-7-4-5-9-26(23)38-18-17-31-27(24-14-15-24)30(37)34(3)21(2)28(35)33-25/h4-5,7,9-13,21,24-25,27,31H,6,8,14-19H2,1-3H3,(H,32,36)(H,33,35)/t21-,25-,27+/m1/s1. The third-order valence-corrected chi connectivity index (χ3v) is 7.48. The summed E-state index contributed by atoms with van der Waals surface area (Å²) in [4.78, 5) is 41.4. The van der Waals surface area contributed by atoms with Gasteiger partial charge in [0.15, 0.2) is 0 Å². The van der Waals surface area contributed by atoms with Crippen LogP contribution in [0.1, 0.15) is 42.9 Å². The van der Waals surface area contributed by atoms with E-state index in [4.69, 9.17) is 4.74 Å². The van der Waals surface area contributed by atoms with Crippen LogP contribution in [0, 0.1) is 12.8 Å². The number of hydrogen-bond donors (Lipinski definition) is 3. The number of aryl methyl sites for hydroxylation is 2. The summed E-state index contributed by atoms with van der Waals surface area (Å²) in [5, 5.41) is 9.30. The van der Waals surface area contributed by atoms with Gasteiger partial charge in [0.1, 0.15) is 24.4 Å². The second-order valence-corrected chi connectivity index (χ2v) is 10.5. The zero-order chi connectivity index (χ0) is 27.1. The maximum atomic E-state index is 13.4. The van der Waals surface area contributed by atoms with Crippen LogP contribution >= 0.6 is 0 Å². The maximum absolute atomic E-state index is 13.4. The van der Waals surface area contributed by atoms with Crippen molar-refractivity contribution in [2.45, 2.75) is 64.1 Å². The Kier molecular flexibility index (Phi) is 9.39. The van der Waals surface area contributed by atoms with E-state index in [-0.39, 0.29) is 29.7 Å². The summed E-state index contributed by atoms with van der Waals surface area (Å²) >= 11 is 0. The van der Waals surface area contributed by atoms with Crippen LogP contribution < -0.4 is 20.7 Å². The van der Waals surface area contributed by atoms with Gasteiger partial charge in [-0.2, -0.15) is 0 Å². The van der Waals surface area contributed by atoms with Crippen LogP contribution in [0.25, 0.3) is 0 Å². The lowest BCUT2D eigenvalue weighted by Crippen LogP contribution is -2.56. The van der Waals surface area contributed by atoms with Gasteiger partial charge in [-0.3, -0.25) is 14.4 Å². The molecule has 1 heterocycles. The van der Waals surface area contributed by atoms with Crippen LogP contribution in [0.15, 0.2) is 48.5 Å². The highest BCUT2D eigenvalue weighted by Gasteiger charge is 2.39. The molecule has 4 rings (SSSR count). The Hall–Kier alpha value is -3.39. The molecule has 2 aromatic rings. The number of nitrogens with zero attached hydrogens (tertiary/aromatic N) is 1. The van der Waals surface area contributed by atoms with Crippen molar-refractivity contribution >= 4 is 17.7 Å². The molecule has 1 fully saturated rings. The van der Waals surface area contributed by atoms with E-state index in [1.165, 1.54) is 4.90 Å². The third-order valence-electron chi connectivity index (χ3n) is 7.48. The van der Waals surface area contributed by atoms with E-state index in [0.29, 0.717) is 26.1 Å². The quantitative estimate of drug-likeness (QED) is 0.577. The number of ether oxygens (including phenoxy) is 1. The molecule has 8 nitrogen and oxygen atoms in total. The Bertz CT molecular complexity index is 1120. The molecule has 8 heteroatoms. The zero-order valence-electron chi connectivity index (χ0n) is 22.7. The Morgan fingerprint density at radius 3 is 2.45 bits per heavy atom. The molecule has 3 atom stereocenters. The molecule has 0 radical (unpaired) electrons. The summed E-state index contributed by atoms with van der Waals surface area (Å²) in [6.45, 7) is 5.16. The monoisotopic (exact) mass is 520 g/mol. The highest BCUT2D eigenvalue weighted by atomic mass is 16.5. The molecule has 0 unspecified atom stereocenters. The van der Waals surface area contributed by atoms with Crippen LogP contribution in [0.5, 0.6) is 5.75 Å². The Morgan fingerprint density at radius 2 is 1.71 bits per heavy atom. The van der Waals surface area contributed by atoms with Crippen LogP contribution in [0.3, 0.4) is 0 Å². The first kappa shape index (κ1) is 27.6. The largest absolute Gasteiger partial charge is 0.492 e. The van der Waals surface area contributed by atoms with Gasteiger partial charge >= 0.3 is 0 Å². The lowest BCUT2D eigenvalue weighted by Gasteiger charge is -2.30. The van der Waals surface area contributed by atoms with Gasteiger partial charge in [-0.05, 0) is 62.6 Å². The molecule has 2 aromatic carbocycles. The molecule has 3 amide bonds. The van der Waals surface area contributed by atoms with E-state index < -0.39 is 12.1 Å². The molecule has 2 aliphatic rings. The number of benzene rings is 2. The van der Waals surface area contributed by atoms with E-state index in [9.17, 15) is 14.4 Å². The zero-order valence-corrected chi connectivity index (χ0v) is 22.7. The van der Waals surface area contributed by atoms with Crippen molar-refractivity contribution in [2.75, 3.05) is 26.7 Å². The van der Waals surface area contributed by atoms with Crippen molar-refractivity contribution in [3.63, 3.8) is 0 Å². The summed E-state index contributed by atoms with van der Waals surface area (Å²) in [5.74, 6) is 0.393. The van der Waals surface area contributed by atoms with Crippen molar-refractivity contribution in [3.05, 3.63) is 65.2 Å². The Balaban J connectivity index is 1.54. The smallest absolute Gasteiger partial charge is 0.243 e. The number of nitrogens with one attached hydrogen (secondary N) is 3. The number of rotatable bonds is 3. The van der Waals surface area contributed by atoms with Gasteiger partial charge in [-0.1, -0.05) is 48.0 Å². The highest BCUT2D eigenvalue weighted by molar-refractivity contribution is 5.93. The highest BCUT2D eigenvalue weighted by Crippen LogP contribution is 2.33. The number of amides is 3. The van der Waals surface area contributed by atoms with E-state index in [1.54, 1.807) is 14.0 Å². The van der Waals surface area contributed by atoms with E-state index in [0.717, 1.165) is 48.1 Å². The summed E-state index contributed by atoms with van der Waals surface area (Å²) in [6.07, 6.45) is 3.84. The minimum atomic E-state index is -0.747. The van der Waals surface area contributed by atoms with Crippen molar-refractivity contribution in [1.29, 1.82) is 0 Å². The topological polar surface area (TPSA) is 99.8 Å². The molecular weight excluding hydrogens is 480 g/mol. The van der Waals surface area contributed by atoms with Crippen molar-refractivity contribution < 1.29 is 19.1 Å². The molecule has 0 aromatic heterocycles. The van der Waals surface area contributed by atoms with Crippen LogP contribution in [0.4, 0.5) is 0 Å². The number of carbonyl (C=O) groups excluding carboxylic acids is 3. The van der Waals surface area contributed by atoms with Gasteiger partial charge in [-0.15, -0.1) is 0 Å². The fourth-order valence-corrected chi connectivity index (χ4v) is 4.77. The SMILES string of the molecule is Cc1ccc(C[C@H]2NC(=O)[C@@H](C)N(C)C(=O)[C@H](C3CC3)NCCOc3ccccc3CCCNC2=O)cc1. The predicted molar refractivity (Wildman–Crippen MR) is 147 cm³/mol. The molecule has 1 saturated carbocycles. The maximum Gasteiger partial charge on any atom is 0.243 e. The van der Waals surface area contributed by atoms with Gasteiger partial charge < -0.3 is 25.6 Å². The van der Waals surface area contributed by atoms with Gasteiger partial charge in [0.25, 0.3) is 0 Å². The minimum absolute atomic E-state index is 0.115. The number of hydrogen-bond acceptors (Lipinski definition) is 5. The van der Waals surface area contributed by atoms with Crippen LogP contribution in [-0.4, -0.2) is 67.5 Å². The Morgan fingerprint density at radius 1 is 0.974 bits per heavy atom. The molecule has 0 saturated heterocycles. The third kappa shape index (κ3) is 7.34. The first-order valence-electron chi connectivity index (χ1n) is 13.7. The lowest BCUT2D eigenvalue weighted by atomic mass is 10.0. The number of para-hydroxylation sites is 1. The van der Waals surface area contributed by atoms with Gasteiger partial charge in [0.05, 0.1) is 6.04 Å². The molecule has 0 spiro atoms. The average Bonchev–Trinajstić information content (AvgIpc) is 3.76. The first-order chi connectivity index (χ1) is 18.3. The second-order valence-electron chi connectivity index (χ2n) is 10.5. The Labute approximate surface area is 225 Å². The second kappa shape index (κ2) is 12.9. The number of fused-ring (bicyclic) bond motifs is 1. The summed E-state index contributed by atoms with van der Waals surface area (Å²) < 4.78 is 6.06. The molecule has 0 bridgehead atoms. The van der Waals surface area contributed by atoms with E-state index in [1.807, 2.05) is 55.5 Å². The summed E-state index contributed by atoms with van der Waals surface area (Å²) in [6, 6.07) is 14.0. The van der Waals surface area contributed by atoms with E-state index in [2.05, 4.69) is 16.0 Å². The molecule has 204 valence electrons. The molecule has 1 aliphatic carbocycles. The van der Waals surface area contributed by atoms with E-state index >= 15 is 0 Å². The van der Waals surface area contributed by atoms with Crippen molar-refractivity contribution in [1.82, 2.24) is 20.9 Å². The molecule has 3 N–H and O–H groups in total. The van der Waals surface area contributed by atoms with Crippen molar-refractivity contribution in [2.24, 2.45) is 5.92 Å². The molecular formula is C30H40N4O4. The van der Waals surface area contributed by atoms with Crippen LogP contribution in [0.2, 0.25) is 0 Å². The number of likely N-dealkylation sites (N-methyl/N-ethyl adjacent to an activating group) is 1. The normalized spacial score (nSPS) is 24.3. The predicted octanol–water partition coefficient (Wildman–Crippen LogP) is 2.38. The lowest BCUT2D eigenvalue weighted by molar-refractivity contribution is -0.141. The van der Waals surface area contributed by atoms with Gasteiger partial charge in [-0.25, -0.2) is 0 Å². The fourth-order valence-electron chi connectivity index (χ4n) is 4.77. The molecule has 1 aliphatic heterocycles. The van der Waals surface area contributed by atoms with Crippen molar-refractivity contribution in [3.8, 4) is 5.75 Å². The average molecular weight is 521 g/mol. The van der Waals surface area contributed by atoms with Gasteiger partial charge in [0, 0.05) is 26.6 Å². The fraction of sp³-hybridized carbons (Fsp3) is 0.500. The number of carbonyl (C=O) groups is 3. The van der Waals surface area contributed by atoms with Gasteiger partial charge in [0.2, 0.25) is 17.7 Å². The molecule has 38 heavy (non-hydrogen) atoms. The minimum Gasteiger partial charge on any atom is -0.492 e. The first-order valence-corrected chi connectivity index (χ1v) is 13.7.